The number of ether oxygens (including phenoxy) is 1. The zero-order valence-corrected chi connectivity index (χ0v) is 15.1. The molecule has 1 aromatic carbocycles. The predicted molar refractivity (Wildman–Crippen MR) is 93.4 cm³/mol. The van der Waals surface area contributed by atoms with Crippen LogP contribution in [-0.2, 0) is 14.3 Å². The van der Waals surface area contributed by atoms with Gasteiger partial charge in [0, 0.05) is 25.5 Å². The van der Waals surface area contributed by atoms with Crippen LogP contribution in [0.4, 0.5) is 4.79 Å². The summed E-state index contributed by atoms with van der Waals surface area (Å²) in [6, 6.07) is 5.98. The first-order chi connectivity index (χ1) is 11.8. The van der Waals surface area contributed by atoms with Gasteiger partial charge in [0.25, 0.3) is 5.91 Å². The largest absolute Gasteiger partial charge is 0.452 e. The molecule has 136 valence electrons. The summed E-state index contributed by atoms with van der Waals surface area (Å²) in [5, 5.41) is 4.42. The first kappa shape index (κ1) is 20.5. The van der Waals surface area contributed by atoms with Crippen molar-refractivity contribution in [3.05, 3.63) is 29.8 Å². The van der Waals surface area contributed by atoms with Gasteiger partial charge in [-0.15, -0.1) is 11.8 Å². The Hall–Kier alpha value is -2.55. The van der Waals surface area contributed by atoms with Gasteiger partial charge in [-0.05, 0) is 19.1 Å². The van der Waals surface area contributed by atoms with Crippen molar-refractivity contribution >= 4 is 35.6 Å². The molecule has 0 bridgehead atoms. The van der Waals surface area contributed by atoms with Gasteiger partial charge in [0.2, 0.25) is 5.91 Å². The summed E-state index contributed by atoms with van der Waals surface area (Å²) in [4.78, 5) is 48.6. The minimum absolute atomic E-state index is 0.0884. The minimum Gasteiger partial charge on any atom is -0.452 e. The van der Waals surface area contributed by atoms with Gasteiger partial charge in [0.15, 0.2) is 6.61 Å². The van der Waals surface area contributed by atoms with Crippen LogP contribution in [0.15, 0.2) is 29.2 Å². The number of carbonyl (C=O) groups is 4. The fourth-order valence-electron chi connectivity index (χ4n) is 1.61. The molecule has 8 nitrogen and oxygen atoms in total. The van der Waals surface area contributed by atoms with Crippen molar-refractivity contribution in [1.82, 2.24) is 15.5 Å². The summed E-state index contributed by atoms with van der Waals surface area (Å²) in [6.45, 7) is 1.50. The van der Waals surface area contributed by atoms with Gasteiger partial charge in [-0.1, -0.05) is 12.1 Å². The average Bonchev–Trinajstić information content (AvgIpc) is 2.57. The summed E-state index contributed by atoms with van der Waals surface area (Å²) in [6.07, 6.45) is 0. The second-order valence-corrected chi connectivity index (χ2v) is 6.07. The Morgan fingerprint density at radius 1 is 1.16 bits per heavy atom. The van der Waals surface area contributed by atoms with Crippen LogP contribution in [0.5, 0.6) is 0 Å². The molecule has 0 aliphatic heterocycles. The van der Waals surface area contributed by atoms with Crippen LogP contribution in [0.2, 0.25) is 0 Å². The molecule has 2 N–H and O–H groups in total. The van der Waals surface area contributed by atoms with Gasteiger partial charge in [-0.3, -0.25) is 14.9 Å². The average molecular weight is 367 g/mol. The van der Waals surface area contributed by atoms with Gasteiger partial charge in [-0.25, -0.2) is 9.59 Å². The molecule has 0 unspecified atom stereocenters. The molecule has 0 aromatic heterocycles. The number of amides is 4. The first-order valence-electron chi connectivity index (χ1n) is 7.52. The summed E-state index contributed by atoms with van der Waals surface area (Å²) in [5.41, 5.74) is 0.255. The number of imide groups is 1. The molecule has 0 saturated heterocycles. The van der Waals surface area contributed by atoms with Crippen LogP contribution in [0.25, 0.3) is 0 Å². The number of carbonyl (C=O) groups excluding carboxylic acids is 4. The third kappa shape index (κ3) is 7.25. The van der Waals surface area contributed by atoms with Gasteiger partial charge in [0.05, 0.1) is 11.3 Å². The summed E-state index contributed by atoms with van der Waals surface area (Å²) in [5.74, 6) is -1.34. The fraction of sp³-hybridized carbons (Fsp3) is 0.375. The number of benzene rings is 1. The van der Waals surface area contributed by atoms with Crippen molar-refractivity contribution in [3.8, 4) is 0 Å². The second kappa shape index (κ2) is 10.3. The molecule has 0 spiro atoms. The Bertz CT molecular complexity index is 648. The highest BCUT2D eigenvalue weighted by atomic mass is 32.2. The molecule has 9 heteroatoms. The van der Waals surface area contributed by atoms with Crippen LogP contribution in [0, 0.1) is 0 Å². The summed E-state index contributed by atoms with van der Waals surface area (Å²) >= 11 is 1.21. The lowest BCUT2D eigenvalue weighted by molar-refractivity contribution is -0.126. The Kier molecular flexibility index (Phi) is 8.48. The molecule has 0 aliphatic carbocycles. The predicted octanol–water partition coefficient (Wildman–Crippen LogP) is 0.869. The maximum absolute atomic E-state index is 12.1. The van der Waals surface area contributed by atoms with E-state index in [2.05, 4.69) is 5.32 Å². The van der Waals surface area contributed by atoms with Gasteiger partial charge < -0.3 is 15.0 Å². The Labute approximate surface area is 150 Å². The van der Waals surface area contributed by atoms with Crippen molar-refractivity contribution in [2.75, 3.05) is 33.0 Å². The smallest absolute Gasteiger partial charge is 0.339 e. The van der Waals surface area contributed by atoms with Crippen LogP contribution in [0.3, 0.4) is 0 Å². The molecule has 1 aromatic rings. The number of urea groups is 1. The molecule has 0 fully saturated rings. The number of esters is 1. The number of hydrogen-bond donors (Lipinski definition) is 2. The van der Waals surface area contributed by atoms with Gasteiger partial charge >= 0.3 is 12.0 Å². The van der Waals surface area contributed by atoms with Crippen LogP contribution >= 0.6 is 11.8 Å². The maximum Gasteiger partial charge on any atom is 0.339 e. The minimum atomic E-state index is -0.729. The van der Waals surface area contributed by atoms with E-state index in [4.69, 9.17) is 4.74 Å². The maximum atomic E-state index is 12.1. The summed E-state index contributed by atoms with van der Waals surface area (Å²) in [7, 11) is 3.30. The topological polar surface area (TPSA) is 105 Å². The van der Waals surface area contributed by atoms with E-state index in [1.807, 2.05) is 5.32 Å². The van der Waals surface area contributed by atoms with Crippen molar-refractivity contribution in [1.29, 1.82) is 0 Å². The molecular weight excluding hydrogens is 346 g/mol. The van der Waals surface area contributed by atoms with E-state index in [0.717, 1.165) is 0 Å². The molecule has 4 amide bonds. The zero-order chi connectivity index (χ0) is 18.8. The fourth-order valence-corrected chi connectivity index (χ4v) is 2.62. The Balaban J connectivity index is 2.62. The number of hydrogen-bond acceptors (Lipinski definition) is 6. The highest BCUT2D eigenvalue weighted by Crippen LogP contribution is 2.23. The zero-order valence-electron chi connectivity index (χ0n) is 14.3. The highest BCUT2D eigenvalue weighted by molar-refractivity contribution is 8.00. The van der Waals surface area contributed by atoms with Gasteiger partial charge in [0.1, 0.15) is 0 Å². The van der Waals surface area contributed by atoms with Crippen molar-refractivity contribution in [2.45, 2.75) is 11.8 Å². The Morgan fingerprint density at radius 2 is 1.84 bits per heavy atom. The molecule has 0 radical (unpaired) electrons. The molecule has 0 heterocycles. The van der Waals surface area contributed by atoms with Crippen molar-refractivity contribution in [2.24, 2.45) is 0 Å². The third-order valence-corrected chi connectivity index (χ3v) is 3.94. The van der Waals surface area contributed by atoms with E-state index in [1.54, 1.807) is 45.3 Å². The normalized spacial score (nSPS) is 9.88. The van der Waals surface area contributed by atoms with E-state index in [0.29, 0.717) is 11.4 Å². The monoisotopic (exact) mass is 367 g/mol. The number of nitrogens with zero attached hydrogens (tertiary/aromatic N) is 1. The lowest BCUT2D eigenvalue weighted by Crippen LogP contribution is -2.41. The number of thioether (sulfide) groups is 1. The quantitative estimate of drug-likeness (QED) is 0.547. The van der Waals surface area contributed by atoms with Crippen LogP contribution in [0.1, 0.15) is 17.3 Å². The molecule has 0 saturated carbocycles. The van der Waals surface area contributed by atoms with E-state index >= 15 is 0 Å². The molecule has 25 heavy (non-hydrogen) atoms. The van der Waals surface area contributed by atoms with Crippen molar-refractivity contribution < 1.29 is 23.9 Å². The second-order valence-electron chi connectivity index (χ2n) is 5.06. The van der Waals surface area contributed by atoms with Gasteiger partial charge in [-0.2, -0.15) is 0 Å². The van der Waals surface area contributed by atoms with Crippen LogP contribution < -0.4 is 10.6 Å². The molecular formula is C16H21N3O5S. The Morgan fingerprint density at radius 3 is 2.48 bits per heavy atom. The molecule has 1 rings (SSSR count). The number of rotatable bonds is 7. The number of nitrogens with one attached hydrogen (secondary N) is 2. The van der Waals surface area contributed by atoms with E-state index in [1.165, 1.54) is 16.7 Å². The third-order valence-electron chi connectivity index (χ3n) is 2.88. The van der Waals surface area contributed by atoms with Crippen molar-refractivity contribution in [3.63, 3.8) is 0 Å². The lowest BCUT2D eigenvalue weighted by Gasteiger charge is -2.12. The van der Waals surface area contributed by atoms with E-state index in [9.17, 15) is 19.2 Å². The standard InChI is InChI=1S/C16H21N3O5S/c1-4-17-16(23)18-13(20)9-24-15(22)11-7-5-6-8-12(11)25-10-14(21)19(2)3/h5-8H,4,9-10H2,1-3H3,(H2,17,18,20,23). The first-order valence-corrected chi connectivity index (χ1v) is 8.50. The van der Waals surface area contributed by atoms with E-state index < -0.39 is 24.5 Å². The van der Waals surface area contributed by atoms with E-state index in [-0.39, 0.29) is 17.2 Å². The highest BCUT2D eigenvalue weighted by Gasteiger charge is 2.16. The molecule has 0 atom stereocenters. The lowest BCUT2D eigenvalue weighted by atomic mass is 10.2. The van der Waals surface area contributed by atoms with Crippen LogP contribution in [-0.4, -0.2) is 61.7 Å². The SMILES string of the molecule is CCNC(=O)NC(=O)COC(=O)c1ccccc1SCC(=O)N(C)C. The molecule has 0 aliphatic rings. The summed E-state index contributed by atoms with van der Waals surface area (Å²) < 4.78 is 4.92.